The van der Waals surface area contributed by atoms with Gasteiger partial charge in [0.25, 0.3) is 10.0 Å². The fourth-order valence-corrected chi connectivity index (χ4v) is 6.17. The number of rotatable bonds is 13. The number of amides is 2. The molecule has 1 atom stereocenters. The number of nitrogens with zero attached hydrogens (tertiary/aromatic N) is 2. The van der Waals surface area contributed by atoms with Crippen molar-refractivity contribution in [1.82, 2.24) is 10.2 Å². The maximum absolute atomic E-state index is 14.2. The highest BCUT2D eigenvalue weighted by atomic mass is 32.2. The van der Waals surface area contributed by atoms with E-state index in [-0.39, 0.29) is 35.5 Å². The Balaban J connectivity index is 1.72. The van der Waals surface area contributed by atoms with Gasteiger partial charge in [-0.25, -0.2) is 12.8 Å². The van der Waals surface area contributed by atoms with E-state index >= 15 is 0 Å². The first-order valence-electron chi connectivity index (χ1n) is 14.7. The number of hydrogen-bond acceptors (Lipinski definition) is 5. The smallest absolute Gasteiger partial charge is 0.264 e. The molecule has 1 N–H and O–H groups in total. The van der Waals surface area contributed by atoms with Gasteiger partial charge in [-0.05, 0) is 93.4 Å². The number of anilines is 1. The van der Waals surface area contributed by atoms with Gasteiger partial charge in [0.2, 0.25) is 11.8 Å². The van der Waals surface area contributed by atoms with Crippen molar-refractivity contribution in [2.24, 2.45) is 0 Å². The molecule has 10 heteroatoms. The maximum Gasteiger partial charge on any atom is 0.264 e. The molecule has 4 aromatic carbocycles. The first-order chi connectivity index (χ1) is 21.5. The predicted molar refractivity (Wildman–Crippen MR) is 173 cm³/mol. The molecule has 0 bridgehead atoms. The third kappa shape index (κ3) is 8.69. The molecule has 45 heavy (non-hydrogen) atoms. The Morgan fingerprint density at radius 3 is 2.02 bits per heavy atom. The Morgan fingerprint density at radius 1 is 0.844 bits per heavy atom. The molecule has 2 amide bonds. The fourth-order valence-electron chi connectivity index (χ4n) is 4.76. The van der Waals surface area contributed by atoms with Crippen LogP contribution in [0.25, 0.3) is 0 Å². The minimum Gasteiger partial charge on any atom is -0.457 e. The van der Waals surface area contributed by atoms with Crippen LogP contribution in [0.3, 0.4) is 0 Å². The standard InChI is InChI=1S/C35H38FN3O5S/c1-5-33(35(41)37-25(2)3)38(23-27-13-15-28(36)16-14-27)34(40)24-39(45(42,43)32-21-11-26(4)12-22-32)29-17-19-31(20-18-29)44-30-9-7-6-8-10-30/h6-22,25,33H,5,23-24H2,1-4H3,(H,37,41)/t33-/m1/s1. The van der Waals surface area contributed by atoms with Crippen LogP contribution in [0.2, 0.25) is 0 Å². The zero-order valence-electron chi connectivity index (χ0n) is 25.8. The van der Waals surface area contributed by atoms with E-state index in [0.717, 1.165) is 9.87 Å². The van der Waals surface area contributed by atoms with Gasteiger partial charge in [0.15, 0.2) is 0 Å². The number of aryl methyl sites for hydroxylation is 1. The molecule has 236 valence electrons. The van der Waals surface area contributed by atoms with Gasteiger partial charge >= 0.3 is 0 Å². The van der Waals surface area contributed by atoms with Crippen molar-refractivity contribution in [2.75, 3.05) is 10.8 Å². The summed E-state index contributed by atoms with van der Waals surface area (Å²) in [7, 11) is -4.23. The summed E-state index contributed by atoms with van der Waals surface area (Å²) in [5.41, 5.74) is 1.72. The van der Waals surface area contributed by atoms with E-state index in [2.05, 4.69) is 5.32 Å². The van der Waals surface area contributed by atoms with Crippen molar-refractivity contribution in [3.8, 4) is 11.5 Å². The van der Waals surface area contributed by atoms with Crippen molar-refractivity contribution >= 4 is 27.5 Å². The van der Waals surface area contributed by atoms with E-state index in [1.54, 1.807) is 55.5 Å². The van der Waals surface area contributed by atoms with Crippen LogP contribution in [0, 0.1) is 12.7 Å². The maximum atomic E-state index is 14.2. The van der Waals surface area contributed by atoms with Crippen molar-refractivity contribution in [1.29, 1.82) is 0 Å². The molecule has 0 aromatic heterocycles. The lowest BCUT2D eigenvalue weighted by Crippen LogP contribution is -2.53. The van der Waals surface area contributed by atoms with Crippen LogP contribution < -0.4 is 14.4 Å². The molecule has 0 aliphatic rings. The summed E-state index contributed by atoms with van der Waals surface area (Å²) in [4.78, 5) is 28.8. The predicted octanol–water partition coefficient (Wildman–Crippen LogP) is 6.45. The van der Waals surface area contributed by atoms with Gasteiger partial charge in [0, 0.05) is 12.6 Å². The SMILES string of the molecule is CC[C@H](C(=O)NC(C)C)N(Cc1ccc(F)cc1)C(=O)CN(c1ccc(Oc2ccccc2)cc1)S(=O)(=O)c1ccc(C)cc1. The van der Waals surface area contributed by atoms with Crippen LogP contribution in [0.15, 0.2) is 108 Å². The van der Waals surface area contributed by atoms with Crippen molar-refractivity contribution in [3.05, 3.63) is 120 Å². The number of hydrogen-bond donors (Lipinski definition) is 1. The van der Waals surface area contributed by atoms with Gasteiger partial charge in [-0.2, -0.15) is 0 Å². The molecule has 0 saturated heterocycles. The largest absolute Gasteiger partial charge is 0.457 e. The third-order valence-electron chi connectivity index (χ3n) is 7.07. The number of sulfonamides is 1. The van der Waals surface area contributed by atoms with Crippen molar-refractivity contribution in [3.63, 3.8) is 0 Å². The number of benzene rings is 4. The first-order valence-corrected chi connectivity index (χ1v) is 16.2. The van der Waals surface area contributed by atoms with Gasteiger partial charge in [-0.3, -0.25) is 13.9 Å². The zero-order chi connectivity index (χ0) is 32.6. The molecule has 0 radical (unpaired) electrons. The minimum absolute atomic E-state index is 0.0141. The molecule has 0 heterocycles. The Bertz CT molecular complexity index is 1680. The number of ether oxygens (including phenoxy) is 1. The summed E-state index contributed by atoms with van der Waals surface area (Å²) in [5.74, 6) is -0.287. The van der Waals surface area contributed by atoms with Crippen LogP contribution in [-0.2, 0) is 26.2 Å². The summed E-state index contributed by atoms with van der Waals surface area (Å²) in [6, 6.07) is 26.5. The third-order valence-corrected chi connectivity index (χ3v) is 8.86. The lowest BCUT2D eigenvalue weighted by atomic mass is 10.1. The Hall–Kier alpha value is -4.70. The van der Waals surface area contributed by atoms with Gasteiger partial charge < -0.3 is 15.0 Å². The topological polar surface area (TPSA) is 96.0 Å². The highest BCUT2D eigenvalue weighted by molar-refractivity contribution is 7.92. The molecule has 0 unspecified atom stereocenters. The van der Waals surface area contributed by atoms with Crippen molar-refractivity contribution < 1.29 is 27.1 Å². The van der Waals surface area contributed by atoms with Gasteiger partial charge in [-0.1, -0.05) is 55.0 Å². The number of para-hydroxylation sites is 1. The Morgan fingerprint density at radius 2 is 1.44 bits per heavy atom. The van der Waals surface area contributed by atoms with Crippen LogP contribution in [0.5, 0.6) is 11.5 Å². The molecule has 0 fully saturated rings. The number of halogens is 1. The number of nitrogens with one attached hydrogen (secondary N) is 1. The molecular formula is C35H38FN3O5S. The second-order valence-corrected chi connectivity index (χ2v) is 12.8. The molecule has 0 saturated carbocycles. The van der Waals surface area contributed by atoms with E-state index < -0.39 is 34.3 Å². The fraction of sp³-hybridized carbons (Fsp3) is 0.257. The summed E-state index contributed by atoms with van der Waals surface area (Å²) < 4.78 is 48.8. The highest BCUT2D eigenvalue weighted by Crippen LogP contribution is 2.29. The van der Waals surface area contributed by atoms with E-state index in [0.29, 0.717) is 17.1 Å². The lowest BCUT2D eigenvalue weighted by Gasteiger charge is -2.33. The quantitative estimate of drug-likeness (QED) is 0.183. The lowest BCUT2D eigenvalue weighted by molar-refractivity contribution is -0.140. The molecule has 4 aromatic rings. The minimum atomic E-state index is -4.23. The Kier molecular flexibility index (Phi) is 11.0. The van der Waals surface area contributed by atoms with Crippen LogP contribution >= 0.6 is 0 Å². The highest BCUT2D eigenvalue weighted by Gasteiger charge is 2.34. The first kappa shape index (κ1) is 33.2. The van der Waals surface area contributed by atoms with E-state index in [4.69, 9.17) is 4.74 Å². The molecule has 8 nitrogen and oxygen atoms in total. The molecule has 4 rings (SSSR count). The second-order valence-electron chi connectivity index (χ2n) is 11.0. The van der Waals surface area contributed by atoms with E-state index in [1.165, 1.54) is 41.3 Å². The Labute approximate surface area is 264 Å². The van der Waals surface area contributed by atoms with E-state index in [1.807, 2.05) is 39.0 Å². The molecule has 0 aliphatic heterocycles. The molecular weight excluding hydrogens is 593 g/mol. The summed E-state index contributed by atoms with van der Waals surface area (Å²) in [5, 5.41) is 2.86. The number of carbonyl (C=O) groups is 2. The second kappa shape index (κ2) is 14.9. The van der Waals surface area contributed by atoms with Crippen molar-refractivity contribution in [2.45, 2.75) is 57.6 Å². The monoisotopic (exact) mass is 631 g/mol. The summed E-state index contributed by atoms with van der Waals surface area (Å²) in [6.45, 7) is 6.66. The van der Waals surface area contributed by atoms with Crippen LogP contribution in [-0.4, -0.2) is 43.8 Å². The van der Waals surface area contributed by atoms with Gasteiger partial charge in [0.1, 0.15) is 29.9 Å². The number of carbonyl (C=O) groups excluding carboxylic acids is 2. The van der Waals surface area contributed by atoms with E-state index in [9.17, 15) is 22.4 Å². The normalized spacial score (nSPS) is 12.0. The molecule has 0 aliphatic carbocycles. The average Bonchev–Trinajstić information content (AvgIpc) is 3.01. The van der Waals surface area contributed by atoms with Gasteiger partial charge in [0.05, 0.1) is 10.6 Å². The zero-order valence-corrected chi connectivity index (χ0v) is 26.6. The van der Waals surface area contributed by atoms with Gasteiger partial charge in [-0.15, -0.1) is 0 Å². The summed E-state index contributed by atoms with van der Waals surface area (Å²) >= 11 is 0. The van der Waals surface area contributed by atoms with Crippen LogP contribution in [0.4, 0.5) is 10.1 Å². The average molecular weight is 632 g/mol. The summed E-state index contributed by atoms with van der Waals surface area (Å²) in [6.07, 6.45) is 0.279. The van der Waals surface area contributed by atoms with Crippen LogP contribution in [0.1, 0.15) is 38.3 Å². The molecule has 0 spiro atoms.